The van der Waals surface area contributed by atoms with E-state index in [4.69, 9.17) is 0 Å². The first-order valence-electron chi connectivity index (χ1n) is 7.60. The molecule has 20 heavy (non-hydrogen) atoms. The monoisotopic (exact) mass is 278 g/mol. The van der Waals surface area contributed by atoms with Crippen molar-refractivity contribution < 1.29 is 0 Å². The van der Waals surface area contributed by atoms with Crippen LogP contribution in [0.2, 0.25) is 0 Å². The number of aromatic nitrogens is 1. The summed E-state index contributed by atoms with van der Waals surface area (Å²) < 4.78 is 0. The fourth-order valence-corrected chi connectivity index (χ4v) is 2.19. The van der Waals surface area contributed by atoms with Gasteiger partial charge in [-0.2, -0.15) is 0 Å². The van der Waals surface area contributed by atoms with Crippen molar-refractivity contribution in [2.24, 2.45) is 0 Å². The quantitative estimate of drug-likeness (QED) is 0.751. The summed E-state index contributed by atoms with van der Waals surface area (Å²) in [6.45, 7) is 10.7. The molecule has 0 aromatic carbocycles. The van der Waals surface area contributed by atoms with Crippen LogP contribution in [0.1, 0.15) is 32.8 Å². The minimum atomic E-state index is 0.500. The van der Waals surface area contributed by atoms with Crippen LogP contribution in [0.25, 0.3) is 0 Å². The average molecular weight is 278 g/mol. The van der Waals surface area contributed by atoms with Gasteiger partial charge in [0.2, 0.25) is 0 Å². The molecule has 0 aliphatic heterocycles. The van der Waals surface area contributed by atoms with E-state index in [0.29, 0.717) is 6.04 Å². The Morgan fingerprint density at radius 3 is 2.60 bits per heavy atom. The lowest BCUT2D eigenvalue weighted by Crippen LogP contribution is -2.29. The first kappa shape index (κ1) is 16.9. The summed E-state index contributed by atoms with van der Waals surface area (Å²) in [6, 6.07) is 2.62. The number of hydrogen-bond acceptors (Lipinski definition) is 4. The van der Waals surface area contributed by atoms with Crippen LogP contribution < -0.4 is 10.2 Å². The van der Waals surface area contributed by atoms with Gasteiger partial charge in [0.25, 0.3) is 0 Å². The Morgan fingerprint density at radius 2 is 2.00 bits per heavy atom. The summed E-state index contributed by atoms with van der Waals surface area (Å²) in [7, 11) is 4.25. The van der Waals surface area contributed by atoms with Crippen LogP contribution in [-0.4, -0.2) is 49.7 Å². The number of rotatable bonds is 9. The van der Waals surface area contributed by atoms with Gasteiger partial charge in [0, 0.05) is 31.9 Å². The minimum Gasteiger partial charge on any atom is -0.370 e. The van der Waals surface area contributed by atoms with Gasteiger partial charge in [-0.15, -0.1) is 0 Å². The highest BCUT2D eigenvalue weighted by atomic mass is 15.1. The maximum atomic E-state index is 4.30. The molecule has 1 aromatic rings. The summed E-state index contributed by atoms with van der Waals surface area (Å²) in [5.74, 6) is 0. The van der Waals surface area contributed by atoms with Gasteiger partial charge < -0.3 is 15.1 Å². The van der Waals surface area contributed by atoms with E-state index in [1.54, 1.807) is 0 Å². The first-order valence-corrected chi connectivity index (χ1v) is 7.60. The van der Waals surface area contributed by atoms with E-state index < -0.39 is 0 Å². The molecule has 1 N–H and O–H groups in total. The molecule has 0 aliphatic carbocycles. The van der Waals surface area contributed by atoms with Gasteiger partial charge in [0.15, 0.2) is 0 Å². The summed E-state index contributed by atoms with van der Waals surface area (Å²) in [6.07, 6.45) is 5.05. The molecular weight excluding hydrogens is 248 g/mol. The van der Waals surface area contributed by atoms with Gasteiger partial charge in [-0.05, 0) is 45.6 Å². The van der Waals surface area contributed by atoms with Crippen molar-refractivity contribution in [3.63, 3.8) is 0 Å². The third kappa shape index (κ3) is 5.88. The number of nitrogens with one attached hydrogen (secondary N) is 1. The molecule has 0 radical (unpaired) electrons. The molecule has 0 bridgehead atoms. The van der Waals surface area contributed by atoms with Crippen molar-refractivity contribution >= 4 is 5.69 Å². The molecule has 0 atom stereocenters. The number of anilines is 1. The highest BCUT2D eigenvalue weighted by Gasteiger charge is 2.10. The Labute approximate surface area is 124 Å². The van der Waals surface area contributed by atoms with Crippen molar-refractivity contribution in [1.29, 1.82) is 0 Å². The van der Waals surface area contributed by atoms with E-state index in [1.165, 1.54) is 17.7 Å². The van der Waals surface area contributed by atoms with Crippen LogP contribution in [-0.2, 0) is 6.54 Å². The molecule has 1 aromatic heterocycles. The summed E-state index contributed by atoms with van der Waals surface area (Å²) in [5.41, 5.74) is 2.60. The van der Waals surface area contributed by atoms with Crippen molar-refractivity contribution in [3.8, 4) is 0 Å². The smallest absolute Gasteiger partial charge is 0.0598 e. The highest BCUT2D eigenvalue weighted by Crippen LogP contribution is 2.19. The fourth-order valence-electron chi connectivity index (χ4n) is 2.19. The van der Waals surface area contributed by atoms with E-state index in [0.717, 1.165) is 26.2 Å². The van der Waals surface area contributed by atoms with Crippen LogP contribution in [0, 0.1) is 0 Å². The molecule has 4 heteroatoms. The Kier molecular flexibility index (Phi) is 7.55. The maximum absolute atomic E-state index is 4.30. The molecule has 0 saturated heterocycles. The second kappa shape index (κ2) is 8.93. The van der Waals surface area contributed by atoms with Crippen LogP contribution in [0.5, 0.6) is 0 Å². The fraction of sp³-hybridized carbons (Fsp3) is 0.688. The average Bonchev–Trinajstić information content (AvgIpc) is 2.41. The van der Waals surface area contributed by atoms with E-state index in [-0.39, 0.29) is 0 Å². The lowest BCUT2D eigenvalue weighted by molar-refractivity contribution is 0.400. The molecule has 0 fully saturated rings. The number of hydrogen-bond donors (Lipinski definition) is 1. The van der Waals surface area contributed by atoms with Gasteiger partial charge in [-0.3, -0.25) is 4.98 Å². The Hall–Kier alpha value is -1.13. The topological polar surface area (TPSA) is 31.4 Å². The van der Waals surface area contributed by atoms with Gasteiger partial charge in [0.05, 0.1) is 11.9 Å². The molecule has 1 heterocycles. The van der Waals surface area contributed by atoms with E-state index in [9.17, 15) is 0 Å². The van der Waals surface area contributed by atoms with Gasteiger partial charge >= 0.3 is 0 Å². The molecule has 4 nitrogen and oxygen atoms in total. The molecule has 0 unspecified atom stereocenters. The first-order chi connectivity index (χ1) is 9.54. The van der Waals surface area contributed by atoms with E-state index in [2.05, 4.69) is 61.0 Å². The normalized spacial score (nSPS) is 11.3. The second-order valence-corrected chi connectivity index (χ2v) is 5.78. The van der Waals surface area contributed by atoms with Gasteiger partial charge in [-0.25, -0.2) is 0 Å². The zero-order valence-electron chi connectivity index (χ0n) is 13.7. The van der Waals surface area contributed by atoms with Crippen LogP contribution in [0.3, 0.4) is 0 Å². The number of pyridine rings is 1. The number of nitrogens with zero attached hydrogens (tertiary/aromatic N) is 3. The third-order valence-electron chi connectivity index (χ3n) is 3.34. The van der Waals surface area contributed by atoms with Crippen LogP contribution in [0.4, 0.5) is 5.69 Å². The second-order valence-electron chi connectivity index (χ2n) is 5.78. The van der Waals surface area contributed by atoms with E-state index in [1.807, 2.05) is 12.4 Å². The van der Waals surface area contributed by atoms with Crippen molar-refractivity contribution in [2.45, 2.75) is 39.8 Å². The molecule has 1 rings (SSSR count). The van der Waals surface area contributed by atoms with Gasteiger partial charge in [-0.1, -0.05) is 13.8 Å². The Bertz CT molecular complexity index is 376. The Morgan fingerprint density at radius 1 is 1.25 bits per heavy atom. The largest absolute Gasteiger partial charge is 0.370 e. The molecule has 0 spiro atoms. The summed E-state index contributed by atoms with van der Waals surface area (Å²) >= 11 is 0. The highest BCUT2D eigenvalue weighted by molar-refractivity contribution is 5.51. The summed E-state index contributed by atoms with van der Waals surface area (Å²) in [4.78, 5) is 8.96. The van der Waals surface area contributed by atoms with Crippen molar-refractivity contribution in [2.75, 3.05) is 38.6 Å². The lowest BCUT2D eigenvalue weighted by atomic mass is 10.2. The standard InChI is InChI=1S/C16H30N4/c1-6-20(11-7-10-19(4)5)16-13-17-9-8-15(16)12-18-14(2)3/h8-9,13-14,18H,6-7,10-12H2,1-5H3. The van der Waals surface area contributed by atoms with Gasteiger partial charge in [0.1, 0.15) is 0 Å². The predicted molar refractivity (Wildman–Crippen MR) is 87.3 cm³/mol. The van der Waals surface area contributed by atoms with Crippen molar-refractivity contribution in [3.05, 3.63) is 24.0 Å². The van der Waals surface area contributed by atoms with Crippen molar-refractivity contribution in [1.82, 2.24) is 15.2 Å². The SMILES string of the molecule is CCN(CCCN(C)C)c1cnccc1CNC(C)C. The lowest BCUT2D eigenvalue weighted by Gasteiger charge is -2.26. The van der Waals surface area contributed by atoms with Crippen LogP contribution >= 0.6 is 0 Å². The molecule has 0 saturated carbocycles. The molecular formula is C16H30N4. The predicted octanol–water partition coefficient (Wildman–Crippen LogP) is 2.36. The minimum absolute atomic E-state index is 0.500. The molecule has 114 valence electrons. The maximum Gasteiger partial charge on any atom is 0.0598 e. The molecule has 0 aliphatic rings. The zero-order chi connectivity index (χ0) is 15.0. The summed E-state index contributed by atoms with van der Waals surface area (Å²) in [5, 5.41) is 3.49. The zero-order valence-corrected chi connectivity index (χ0v) is 13.7. The van der Waals surface area contributed by atoms with Crippen LogP contribution in [0.15, 0.2) is 18.5 Å². The third-order valence-corrected chi connectivity index (χ3v) is 3.34. The molecule has 0 amide bonds. The Balaban J connectivity index is 2.70. The van der Waals surface area contributed by atoms with E-state index >= 15 is 0 Å².